The van der Waals surface area contributed by atoms with E-state index in [1.54, 1.807) is 0 Å². The Balaban J connectivity index is 1.91. The lowest BCUT2D eigenvalue weighted by Gasteiger charge is -2.12. The van der Waals surface area contributed by atoms with E-state index in [2.05, 4.69) is 23.3 Å². The van der Waals surface area contributed by atoms with E-state index in [-0.39, 0.29) is 0 Å². The number of hydrogen-bond donors (Lipinski definition) is 0. The number of hydrogen-bond acceptors (Lipinski definition) is 2. The van der Waals surface area contributed by atoms with Gasteiger partial charge in [0.05, 0.1) is 17.3 Å². The second-order valence-electron chi connectivity index (χ2n) is 5.09. The summed E-state index contributed by atoms with van der Waals surface area (Å²) in [5.74, 6) is 1.27. The molecule has 0 atom stereocenters. The number of aromatic nitrogens is 2. The Morgan fingerprint density at radius 3 is 2.71 bits per heavy atom. The standard InChI is InChI=1S/C17H17ClN2O/c1-12-9-14(20(2)19-12)11-21-17-8-7-13-5-3-4-6-15(13)16(17)10-18/h3-9H,10-11H2,1-2H3. The monoisotopic (exact) mass is 300 g/mol. The van der Waals surface area contributed by atoms with Gasteiger partial charge in [-0.3, -0.25) is 4.68 Å². The Labute approximate surface area is 129 Å². The zero-order chi connectivity index (χ0) is 14.8. The minimum atomic E-state index is 0.432. The lowest BCUT2D eigenvalue weighted by atomic mass is 10.0. The molecule has 0 aliphatic rings. The van der Waals surface area contributed by atoms with Gasteiger partial charge in [0.15, 0.2) is 0 Å². The van der Waals surface area contributed by atoms with Crippen molar-refractivity contribution < 1.29 is 4.74 Å². The minimum absolute atomic E-state index is 0.432. The molecule has 0 spiro atoms. The second-order valence-corrected chi connectivity index (χ2v) is 5.35. The van der Waals surface area contributed by atoms with Crippen molar-refractivity contribution in [1.29, 1.82) is 0 Å². The molecule has 3 aromatic rings. The first-order valence-electron chi connectivity index (χ1n) is 6.88. The molecule has 0 radical (unpaired) electrons. The van der Waals surface area contributed by atoms with Gasteiger partial charge in [0.25, 0.3) is 0 Å². The first-order chi connectivity index (χ1) is 10.2. The first kappa shape index (κ1) is 14.0. The van der Waals surface area contributed by atoms with E-state index in [1.165, 1.54) is 5.39 Å². The summed E-state index contributed by atoms with van der Waals surface area (Å²) >= 11 is 6.13. The fourth-order valence-corrected chi connectivity index (χ4v) is 2.82. The maximum absolute atomic E-state index is 6.13. The third-order valence-corrected chi connectivity index (χ3v) is 3.87. The van der Waals surface area contributed by atoms with Gasteiger partial charge in [-0.25, -0.2) is 0 Å². The van der Waals surface area contributed by atoms with Crippen LogP contribution in [0.15, 0.2) is 42.5 Å². The quantitative estimate of drug-likeness (QED) is 0.675. The van der Waals surface area contributed by atoms with Crippen molar-refractivity contribution in [1.82, 2.24) is 9.78 Å². The van der Waals surface area contributed by atoms with E-state index >= 15 is 0 Å². The molecule has 108 valence electrons. The number of ether oxygens (including phenoxy) is 1. The number of nitrogens with zero attached hydrogens (tertiary/aromatic N) is 2. The molecule has 0 aliphatic heterocycles. The predicted molar refractivity (Wildman–Crippen MR) is 85.8 cm³/mol. The summed E-state index contributed by atoms with van der Waals surface area (Å²) in [5.41, 5.74) is 3.07. The van der Waals surface area contributed by atoms with Crippen LogP contribution in [0.25, 0.3) is 10.8 Å². The molecule has 0 bridgehead atoms. The van der Waals surface area contributed by atoms with Crippen LogP contribution in [-0.2, 0) is 19.5 Å². The molecule has 0 unspecified atom stereocenters. The number of rotatable bonds is 4. The van der Waals surface area contributed by atoms with Crippen LogP contribution >= 0.6 is 11.6 Å². The summed E-state index contributed by atoms with van der Waals surface area (Å²) in [7, 11) is 1.93. The Bertz CT molecular complexity index is 780. The molecule has 4 heteroatoms. The highest BCUT2D eigenvalue weighted by Crippen LogP contribution is 2.30. The molecule has 1 aromatic heterocycles. The number of fused-ring (bicyclic) bond motifs is 1. The number of halogens is 1. The van der Waals surface area contributed by atoms with Gasteiger partial charge >= 0.3 is 0 Å². The Kier molecular flexibility index (Phi) is 3.84. The van der Waals surface area contributed by atoms with E-state index < -0.39 is 0 Å². The maximum Gasteiger partial charge on any atom is 0.130 e. The van der Waals surface area contributed by atoms with Crippen LogP contribution in [0.4, 0.5) is 0 Å². The molecule has 0 N–H and O–H groups in total. The average Bonchev–Trinajstić information content (AvgIpc) is 2.82. The van der Waals surface area contributed by atoms with Crippen molar-refractivity contribution in [2.45, 2.75) is 19.4 Å². The molecular weight excluding hydrogens is 284 g/mol. The summed E-state index contributed by atoms with van der Waals surface area (Å²) in [4.78, 5) is 0. The summed E-state index contributed by atoms with van der Waals surface area (Å²) < 4.78 is 7.82. The third kappa shape index (κ3) is 2.74. The van der Waals surface area contributed by atoms with E-state index in [0.29, 0.717) is 12.5 Å². The highest BCUT2D eigenvalue weighted by atomic mass is 35.5. The lowest BCUT2D eigenvalue weighted by molar-refractivity contribution is 0.293. The van der Waals surface area contributed by atoms with Crippen molar-refractivity contribution in [3.8, 4) is 5.75 Å². The fourth-order valence-electron chi connectivity index (χ4n) is 2.54. The smallest absolute Gasteiger partial charge is 0.130 e. The van der Waals surface area contributed by atoms with Gasteiger partial charge < -0.3 is 4.74 Å². The zero-order valence-corrected chi connectivity index (χ0v) is 12.9. The van der Waals surface area contributed by atoms with E-state index in [0.717, 1.165) is 28.1 Å². The largest absolute Gasteiger partial charge is 0.487 e. The van der Waals surface area contributed by atoms with Crippen LogP contribution in [0, 0.1) is 6.92 Å². The van der Waals surface area contributed by atoms with Gasteiger partial charge in [-0.05, 0) is 29.8 Å². The van der Waals surface area contributed by atoms with Crippen LogP contribution < -0.4 is 4.74 Å². The maximum atomic E-state index is 6.13. The van der Waals surface area contributed by atoms with Gasteiger partial charge in [-0.15, -0.1) is 11.6 Å². The summed E-state index contributed by atoms with van der Waals surface area (Å²) in [6.07, 6.45) is 0. The average molecular weight is 301 g/mol. The molecule has 0 saturated carbocycles. The topological polar surface area (TPSA) is 27.1 Å². The van der Waals surface area contributed by atoms with Crippen molar-refractivity contribution >= 4 is 22.4 Å². The van der Waals surface area contributed by atoms with Crippen LogP contribution in [-0.4, -0.2) is 9.78 Å². The second kappa shape index (κ2) is 5.78. The number of aryl methyl sites for hydroxylation is 2. The van der Waals surface area contributed by atoms with Crippen molar-refractivity contribution in [2.24, 2.45) is 7.05 Å². The van der Waals surface area contributed by atoms with Gasteiger partial charge in [0.1, 0.15) is 12.4 Å². The fraction of sp³-hybridized carbons (Fsp3) is 0.235. The Morgan fingerprint density at radius 2 is 2.00 bits per heavy atom. The predicted octanol–water partition coefficient (Wildman–Crippen LogP) is 4.20. The Hall–Kier alpha value is -2.00. The third-order valence-electron chi connectivity index (χ3n) is 3.61. The summed E-state index contributed by atoms with van der Waals surface area (Å²) in [6.45, 7) is 2.46. The number of alkyl halides is 1. The highest BCUT2D eigenvalue weighted by Gasteiger charge is 2.09. The van der Waals surface area contributed by atoms with Crippen LogP contribution in [0.2, 0.25) is 0 Å². The molecule has 21 heavy (non-hydrogen) atoms. The van der Waals surface area contributed by atoms with Crippen molar-refractivity contribution in [3.05, 3.63) is 59.4 Å². The van der Waals surface area contributed by atoms with Gasteiger partial charge in [-0.2, -0.15) is 5.10 Å². The minimum Gasteiger partial charge on any atom is -0.487 e. The van der Waals surface area contributed by atoms with Gasteiger partial charge in [0.2, 0.25) is 0 Å². The number of benzene rings is 2. The normalized spacial score (nSPS) is 11.0. The van der Waals surface area contributed by atoms with Gasteiger partial charge in [0, 0.05) is 12.6 Å². The van der Waals surface area contributed by atoms with Crippen LogP contribution in [0.1, 0.15) is 17.0 Å². The lowest BCUT2D eigenvalue weighted by Crippen LogP contribution is -2.04. The van der Waals surface area contributed by atoms with E-state index in [1.807, 2.05) is 42.9 Å². The Morgan fingerprint density at radius 1 is 1.19 bits per heavy atom. The molecule has 1 heterocycles. The van der Waals surface area contributed by atoms with Crippen molar-refractivity contribution in [3.63, 3.8) is 0 Å². The first-order valence-corrected chi connectivity index (χ1v) is 7.41. The summed E-state index contributed by atoms with van der Waals surface area (Å²) in [6, 6.07) is 14.3. The molecule has 0 aliphatic carbocycles. The molecule has 0 amide bonds. The molecule has 2 aromatic carbocycles. The molecular formula is C17H17ClN2O. The molecule has 0 saturated heterocycles. The van der Waals surface area contributed by atoms with Crippen LogP contribution in [0.5, 0.6) is 5.75 Å². The van der Waals surface area contributed by atoms with Gasteiger partial charge in [-0.1, -0.05) is 30.3 Å². The molecule has 3 nitrogen and oxygen atoms in total. The van der Waals surface area contributed by atoms with E-state index in [4.69, 9.17) is 16.3 Å². The molecule has 0 fully saturated rings. The zero-order valence-electron chi connectivity index (χ0n) is 12.1. The van der Waals surface area contributed by atoms with Crippen LogP contribution in [0.3, 0.4) is 0 Å². The summed E-state index contributed by atoms with van der Waals surface area (Å²) in [5, 5.41) is 6.65. The molecule has 3 rings (SSSR count). The van der Waals surface area contributed by atoms with E-state index in [9.17, 15) is 0 Å². The highest BCUT2D eigenvalue weighted by molar-refractivity contribution is 6.18. The SMILES string of the molecule is Cc1cc(COc2ccc3ccccc3c2CCl)n(C)n1. The van der Waals surface area contributed by atoms with Crippen molar-refractivity contribution in [2.75, 3.05) is 0 Å².